The highest BCUT2D eigenvalue weighted by Crippen LogP contribution is 2.23. The van der Waals surface area contributed by atoms with Crippen LogP contribution in [0.3, 0.4) is 0 Å². The summed E-state index contributed by atoms with van der Waals surface area (Å²) in [5.74, 6) is -3.96. The van der Waals surface area contributed by atoms with Crippen molar-refractivity contribution < 1.29 is 18.0 Å². The van der Waals surface area contributed by atoms with Crippen LogP contribution >= 0.6 is 0 Å². The molecule has 2 aromatic carbocycles. The molecular formula is C18H14F3N5O. The van der Waals surface area contributed by atoms with E-state index in [4.69, 9.17) is 0 Å². The summed E-state index contributed by atoms with van der Waals surface area (Å²) < 4.78 is 40.1. The third kappa shape index (κ3) is 4.51. The van der Waals surface area contributed by atoms with Crippen molar-refractivity contribution in [2.45, 2.75) is 6.92 Å². The molecule has 1 heterocycles. The molecular weight excluding hydrogens is 359 g/mol. The molecule has 138 valence electrons. The smallest absolute Gasteiger partial charge is 0.229 e. The molecule has 0 aliphatic heterocycles. The number of benzene rings is 2. The summed E-state index contributed by atoms with van der Waals surface area (Å²) in [5.41, 5.74) is 1.04. The Balaban J connectivity index is 1.74. The summed E-state index contributed by atoms with van der Waals surface area (Å²) in [6, 6.07) is 10.2. The summed E-state index contributed by atoms with van der Waals surface area (Å²) in [7, 11) is 0. The zero-order chi connectivity index (χ0) is 19.4. The SMILES string of the molecule is CC(=O)Nc1ccc(Nc2nccc(Nc3ccc(F)c(F)c3F)n2)cc1. The van der Waals surface area contributed by atoms with Crippen molar-refractivity contribution in [1.82, 2.24) is 9.97 Å². The van der Waals surface area contributed by atoms with Crippen LogP contribution in [0, 0.1) is 17.5 Å². The van der Waals surface area contributed by atoms with Crippen LogP contribution in [0.25, 0.3) is 0 Å². The fraction of sp³-hybridized carbons (Fsp3) is 0.0556. The van der Waals surface area contributed by atoms with Crippen LogP contribution in [0.4, 0.5) is 42.0 Å². The first kappa shape index (κ1) is 18.2. The average Bonchev–Trinajstić information content (AvgIpc) is 2.64. The van der Waals surface area contributed by atoms with Gasteiger partial charge in [0.15, 0.2) is 17.5 Å². The Hall–Kier alpha value is -3.62. The molecule has 6 nitrogen and oxygen atoms in total. The van der Waals surface area contributed by atoms with E-state index in [9.17, 15) is 18.0 Å². The second-order valence-corrected chi connectivity index (χ2v) is 5.50. The van der Waals surface area contributed by atoms with Gasteiger partial charge in [0.05, 0.1) is 5.69 Å². The molecule has 0 fully saturated rings. The number of carbonyl (C=O) groups is 1. The van der Waals surface area contributed by atoms with Crippen molar-refractivity contribution in [2.75, 3.05) is 16.0 Å². The normalized spacial score (nSPS) is 10.4. The fourth-order valence-corrected chi connectivity index (χ4v) is 2.22. The van der Waals surface area contributed by atoms with Crippen molar-refractivity contribution in [3.63, 3.8) is 0 Å². The van der Waals surface area contributed by atoms with Gasteiger partial charge in [0, 0.05) is 24.5 Å². The van der Waals surface area contributed by atoms with E-state index in [0.29, 0.717) is 11.4 Å². The van der Waals surface area contributed by atoms with Gasteiger partial charge < -0.3 is 16.0 Å². The number of nitrogens with zero attached hydrogens (tertiary/aromatic N) is 2. The van der Waals surface area contributed by atoms with Gasteiger partial charge in [0.1, 0.15) is 5.82 Å². The molecule has 1 aromatic heterocycles. The first-order valence-corrected chi connectivity index (χ1v) is 7.80. The number of anilines is 5. The van der Waals surface area contributed by atoms with Crippen molar-refractivity contribution in [2.24, 2.45) is 0 Å². The molecule has 0 saturated heterocycles. The minimum Gasteiger partial charge on any atom is -0.338 e. The Morgan fingerprint density at radius 2 is 1.59 bits per heavy atom. The summed E-state index contributed by atoms with van der Waals surface area (Å²) in [6.45, 7) is 1.41. The third-order valence-electron chi connectivity index (χ3n) is 3.41. The van der Waals surface area contributed by atoms with Crippen molar-refractivity contribution in [1.29, 1.82) is 0 Å². The van der Waals surface area contributed by atoms with Crippen LogP contribution < -0.4 is 16.0 Å². The second-order valence-electron chi connectivity index (χ2n) is 5.50. The zero-order valence-electron chi connectivity index (χ0n) is 14.1. The summed E-state index contributed by atoms with van der Waals surface area (Å²) in [5, 5.41) is 8.17. The predicted octanol–water partition coefficient (Wildman–Crippen LogP) is 4.34. The number of rotatable bonds is 5. The Morgan fingerprint density at radius 3 is 2.30 bits per heavy atom. The molecule has 3 rings (SSSR count). The van der Waals surface area contributed by atoms with Gasteiger partial charge in [-0.25, -0.2) is 18.2 Å². The van der Waals surface area contributed by atoms with Gasteiger partial charge in [0.25, 0.3) is 0 Å². The van der Waals surface area contributed by atoms with Crippen molar-refractivity contribution in [3.05, 3.63) is 66.1 Å². The number of nitrogens with one attached hydrogen (secondary N) is 3. The first-order valence-electron chi connectivity index (χ1n) is 7.80. The van der Waals surface area contributed by atoms with E-state index < -0.39 is 17.5 Å². The number of hydrogen-bond donors (Lipinski definition) is 3. The number of carbonyl (C=O) groups excluding carboxylic acids is 1. The molecule has 0 saturated carbocycles. The maximum atomic E-state index is 13.8. The standard InChI is InChI=1S/C18H14F3N5O/c1-10(27)23-11-2-4-12(5-3-11)24-18-22-9-8-15(26-18)25-14-7-6-13(19)16(20)17(14)21/h2-9H,1H3,(H,23,27)(H2,22,24,25,26). The van der Waals surface area contributed by atoms with Crippen LogP contribution in [0.5, 0.6) is 0 Å². The van der Waals surface area contributed by atoms with Crippen LogP contribution in [-0.4, -0.2) is 15.9 Å². The molecule has 27 heavy (non-hydrogen) atoms. The van der Waals surface area contributed by atoms with Crippen LogP contribution in [0.1, 0.15) is 6.92 Å². The molecule has 0 spiro atoms. The molecule has 3 aromatic rings. The molecule has 9 heteroatoms. The molecule has 0 unspecified atom stereocenters. The van der Waals surface area contributed by atoms with Crippen molar-refractivity contribution in [3.8, 4) is 0 Å². The summed E-state index contributed by atoms with van der Waals surface area (Å²) in [4.78, 5) is 19.2. The van der Waals surface area contributed by atoms with Gasteiger partial charge in [-0.15, -0.1) is 0 Å². The lowest BCUT2D eigenvalue weighted by Crippen LogP contribution is -2.05. The minimum atomic E-state index is -1.56. The van der Waals surface area contributed by atoms with Crippen LogP contribution in [-0.2, 0) is 4.79 Å². The van der Waals surface area contributed by atoms with E-state index in [0.717, 1.165) is 12.1 Å². The van der Waals surface area contributed by atoms with E-state index in [1.807, 2.05) is 0 Å². The van der Waals surface area contributed by atoms with Gasteiger partial charge in [-0.1, -0.05) is 0 Å². The Morgan fingerprint density at radius 1 is 0.889 bits per heavy atom. The topological polar surface area (TPSA) is 78.9 Å². The molecule has 0 aliphatic carbocycles. The number of amides is 1. The van der Waals surface area contributed by atoms with E-state index >= 15 is 0 Å². The number of halogens is 3. The number of hydrogen-bond acceptors (Lipinski definition) is 5. The van der Waals surface area contributed by atoms with Gasteiger partial charge >= 0.3 is 0 Å². The maximum Gasteiger partial charge on any atom is 0.229 e. The lowest BCUT2D eigenvalue weighted by Gasteiger charge is -2.10. The van der Waals surface area contributed by atoms with Gasteiger partial charge in [-0.3, -0.25) is 4.79 Å². The minimum absolute atomic E-state index is 0.178. The van der Waals surface area contributed by atoms with Gasteiger partial charge in [-0.2, -0.15) is 4.98 Å². The average molecular weight is 373 g/mol. The van der Waals surface area contributed by atoms with Gasteiger partial charge in [-0.05, 0) is 42.5 Å². The monoisotopic (exact) mass is 373 g/mol. The largest absolute Gasteiger partial charge is 0.338 e. The molecule has 0 aliphatic rings. The summed E-state index contributed by atoms with van der Waals surface area (Å²) >= 11 is 0. The van der Waals surface area contributed by atoms with E-state index in [1.165, 1.54) is 19.2 Å². The molecule has 0 bridgehead atoms. The Kier molecular flexibility index (Phi) is 5.20. The predicted molar refractivity (Wildman–Crippen MR) is 95.7 cm³/mol. The molecule has 3 N–H and O–H groups in total. The second kappa shape index (κ2) is 7.73. The fourth-order valence-electron chi connectivity index (χ4n) is 2.22. The Bertz CT molecular complexity index is 979. The zero-order valence-corrected chi connectivity index (χ0v) is 14.1. The quantitative estimate of drug-likeness (QED) is 0.580. The highest BCUT2D eigenvalue weighted by Gasteiger charge is 2.14. The summed E-state index contributed by atoms with van der Waals surface area (Å²) in [6.07, 6.45) is 1.42. The first-order chi connectivity index (χ1) is 12.9. The van der Waals surface area contributed by atoms with E-state index in [2.05, 4.69) is 25.9 Å². The third-order valence-corrected chi connectivity index (χ3v) is 3.41. The van der Waals surface area contributed by atoms with E-state index in [-0.39, 0.29) is 23.4 Å². The maximum absolute atomic E-state index is 13.8. The van der Waals surface area contributed by atoms with Crippen LogP contribution in [0.15, 0.2) is 48.7 Å². The molecule has 1 amide bonds. The molecule has 0 radical (unpaired) electrons. The highest BCUT2D eigenvalue weighted by atomic mass is 19.2. The Labute approximate surface area is 152 Å². The van der Waals surface area contributed by atoms with Gasteiger partial charge in [0.2, 0.25) is 11.9 Å². The molecule has 0 atom stereocenters. The van der Waals surface area contributed by atoms with E-state index in [1.54, 1.807) is 24.3 Å². The number of aromatic nitrogens is 2. The highest BCUT2D eigenvalue weighted by molar-refractivity contribution is 5.88. The lowest BCUT2D eigenvalue weighted by atomic mass is 10.2. The lowest BCUT2D eigenvalue weighted by molar-refractivity contribution is -0.114. The van der Waals surface area contributed by atoms with Crippen molar-refractivity contribution >= 4 is 34.7 Å². The van der Waals surface area contributed by atoms with Crippen LogP contribution in [0.2, 0.25) is 0 Å².